The first-order valence-corrected chi connectivity index (χ1v) is 6.86. The standard InChI is InChI=1S/C15H22N2O/c1-17-7-8-18-14(10-17)15(16)13-9-12(13)11-5-3-2-4-6-11/h2-6,12-15H,7-10,16H2,1H3. The summed E-state index contributed by atoms with van der Waals surface area (Å²) in [6, 6.07) is 10.9. The Labute approximate surface area is 109 Å². The molecule has 1 aliphatic heterocycles. The van der Waals surface area contributed by atoms with Gasteiger partial charge in [0.2, 0.25) is 0 Å². The molecule has 1 heterocycles. The molecule has 4 atom stereocenters. The third kappa shape index (κ3) is 2.44. The van der Waals surface area contributed by atoms with E-state index in [0.717, 1.165) is 19.7 Å². The van der Waals surface area contributed by atoms with Gasteiger partial charge in [0.25, 0.3) is 0 Å². The van der Waals surface area contributed by atoms with Gasteiger partial charge in [0.1, 0.15) is 0 Å². The van der Waals surface area contributed by atoms with Crippen LogP contribution in [0, 0.1) is 5.92 Å². The van der Waals surface area contributed by atoms with E-state index in [1.165, 1.54) is 12.0 Å². The van der Waals surface area contributed by atoms with Crippen LogP contribution < -0.4 is 5.73 Å². The van der Waals surface area contributed by atoms with Crippen molar-refractivity contribution in [3.05, 3.63) is 35.9 Å². The SMILES string of the molecule is CN1CCOC(C(N)C2CC2c2ccccc2)C1. The molecule has 1 aromatic rings. The van der Waals surface area contributed by atoms with E-state index >= 15 is 0 Å². The summed E-state index contributed by atoms with van der Waals surface area (Å²) in [5.41, 5.74) is 7.82. The Morgan fingerprint density at radius 1 is 1.33 bits per heavy atom. The van der Waals surface area contributed by atoms with E-state index in [2.05, 4.69) is 42.3 Å². The van der Waals surface area contributed by atoms with Gasteiger partial charge < -0.3 is 15.4 Å². The van der Waals surface area contributed by atoms with Crippen molar-refractivity contribution < 1.29 is 4.74 Å². The van der Waals surface area contributed by atoms with Crippen LogP contribution >= 0.6 is 0 Å². The van der Waals surface area contributed by atoms with Crippen LogP contribution in [0.4, 0.5) is 0 Å². The number of hydrogen-bond acceptors (Lipinski definition) is 3. The number of likely N-dealkylation sites (N-methyl/N-ethyl adjacent to an activating group) is 1. The van der Waals surface area contributed by atoms with Crippen LogP contribution in [-0.4, -0.2) is 43.8 Å². The molecule has 0 bridgehead atoms. The van der Waals surface area contributed by atoms with Gasteiger partial charge in [0.05, 0.1) is 12.7 Å². The van der Waals surface area contributed by atoms with E-state index in [9.17, 15) is 0 Å². The molecule has 1 aliphatic carbocycles. The number of nitrogens with zero attached hydrogens (tertiary/aromatic N) is 1. The molecule has 3 heteroatoms. The number of benzene rings is 1. The summed E-state index contributed by atoms with van der Waals surface area (Å²) in [4.78, 5) is 2.31. The number of nitrogens with two attached hydrogens (primary N) is 1. The Hall–Kier alpha value is -0.900. The van der Waals surface area contributed by atoms with Crippen LogP contribution in [0.5, 0.6) is 0 Å². The Balaban J connectivity index is 1.60. The lowest BCUT2D eigenvalue weighted by molar-refractivity contribution is -0.0357. The van der Waals surface area contributed by atoms with Crippen molar-refractivity contribution in [3.8, 4) is 0 Å². The normalized spacial score (nSPS) is 34.2. The summed E-state index contributed by atoms with van der Waals surface area (Å²) >= 11 is 0. The first kappa shape index (κ1) is 12.2. The zero-order valence-corrected chi connectivity index (χ0v) is 11.0. The molecule has 3 rings (SSSR count). The molecule has 1 aromatic carbocycles. The number of ether oxygens (including phenoxy) is 1. The fraction of sp³-hybridized carbons (Fsp3) is 0.600. The highest BCUT2D eigenvalue weighted by Gasteiger charge is 2.45. The highest BCUT2D eigenvalue weighted by Crippen LogP contribution is 2.49. The zero-order chi connectivity index (χ0) is 12.5. The second-order valence-electron chi connectivity index (χ2n) is 5.67. The summed E-state index contributed by atoms with van der Waals surface area (Å²) in [6.07, 6.45) is 1.43. The maximum Gasteiger partial charge on any atom is 0.0855 e. The molecule has 3 nitrogen and oxygen atoms in total. The molecule has 18 heavy (non-hydrogen) atoms. The van der Waals surface area contributed by atoms with Crippen molar-refractivity contribution in [2.45, 2.75) is 24.5 Å². The maximum absolute atomic E-state index is 6.39. The van der Waals surface area contributed by atoms with Crippen LogP contribution in [0.2, 0.25) is 0 Å². The molecule has 2 fully saturated rings. The third-order valence-electron chi connectivity index (χ3n) is 4.29. The Morgan fingerprint density at radius 3 is 2.83 bits per heavy atom. The molecule has 2 N–H and O–H groups in total. The summed E-state index contributed by atoms with van der Waals surface area (Å²) in [5, 5.41) is 0. The van der Waals surface area contributed by atoms with Crippen molar-refractivity contribution in [1.82, 2.24) is 4.90 Å². The quantitative estimate of drug-likeness (QED) is 0.877. The molecule has 98 valence electrons. The topological polar surface area (TPSA) is 38.5 Å². The van der Waals surface area contributed by atoms with Crippen molar-refractivity contribution in [2.24, 2.45) is 11.7 Å². The minimum Gasteiger partial charge on any atom is -0.374 e. The summed E-state index contributed by atoms with van der Waals surface area (Å²) in [7, 11) is 2.14. The van der Waals surface area contributed by atoms with Crippen molar-refractivity contribution >= 4 is 0 Å². The fourth-order valence-electron chi connectivity index (χ4n) is 3.04. The lowest BCUT2D eigenvalue weighted by atomic mass is 10.0. The molecule has 0 aromatic heterocycles. The largest absolute Gasteiger partial charge is 0.374 e. The van der Waals surface area contributed by atoms with E-state index in [1.807, 2.05) is 0 Å². The Morgan fingerprint density at radius 2 is 2.11 bits per heavy atom. The highest BCUT2D eigenvalue weighted by molar-refractivity contribution is 5.27. The van der Waals surface area contributed by atoms with Gasteiger partial charge >= 0.3 is 0 Å². The maximum atomic E-state index is 6.39. The predicted octanol–water partition coefficient (Wildman–Crippen LogP) is 1.45. The molecular formula is C15H22N2O. The molecule has 2 aliphatic rings. The minimum absolute atomic E-state index is 0.179. The van der Waals surface area contributed by atoms with Crippen molar-refractivity contribution in [2.75, 3.05) is 26.7 Å². The van der Waals surface area contributed by atoms with E-state index in [4.69, 9.17) is 10.5 Å². The smallest absolute Gasteiger partial charge is 0.0855 e. The third-order valence-corrected chi connectivity index (χ3v) is 4.29. The van der Waals surface area contributed by atoms with Gasteiger partial charge in [-0.2, -0.15) is 0 Å². The van der Waals surface area contributed by atoms with Crippen molar-refractivity contribution in [3.63, 3.8) is 0 Å². The molecule has 4 unspecified atom stereocenters. The van der Waals surface area contributed by atoms with Gasteiger partial charge in [-0.1, -0.05) is 30.3 Å². The van der Waals surface area contributed by atoms with Gasteiger partial charge in [-0.15, -0.1) is 0 Å². The first-order chi connectivity index (χ1) is 8.75. The molecule has 0 spiro atoms. The van der Waals surface area contributed by atoms with Gasteiger partial charge in [-0.05, 0) is 30.9 Å². The first-order valence-electron chi connectivity index (χ1n) is 6.86. The fourth-order valence-corrected chi connectivity index (χ4v) is 3.04. The summed E-state index contributed by atoms with van der Waals surface area (Å²) < 4.78 is 5.83. The Kier molecular flexibility index (Phi) is 3.37. The number of rotatable bonds is 3. The lowest BCUT2D eigenvalue weighted by Gasteiger charge is -2.33. The van der Waals surface area contributed by atoms with Crippen molar-refractivity contribution in [1.29, 1.82) is 0 Å². The lowest BCUT2D eigenvalue weighted by Crippen LogP contribution is -2.50. The van der Waals surface area contributed by atoms with E-state index < -0.39 is 0 Å². The number of morpholine rings is 1. The van der Waals surface area contributed by atoms with Gasteiger partial charge in [0.15, 0.2) is 0 Å². The van der Waals surface area contributed by atoms with Gasteiger partial charge in [0, 0.05) is 19.1 Å². The summed E-state index contributed by atoms with van der Waals surface area (Å²) in [6.45, 7) is 2.81. The van der Waals surface area contributed by atoms with Gasteiger partial charge in [-0.3, -0.25) is 0 Å². The van der Waals surface area contributed by atoms with Crippen LogP contribution in [0.3, 0.4) is 0 Å². The molecular weight excluding hydrogens is 224 g/mol. The number of hydrogen-bond donors (Lipinski definition) is 1. The average Bonchev–Trinajstić information content (AvgIpc) is 3.19. The predicted molar refractivity (Wildman–Crippen MR) is 72.5 cm³/mol. The van der Waals surface area contributed by atoms with E-state index in [0.29, 0.717) is 11.8 Å². The van der Waals surface area contributed by atoms with E-state index in [-0.39, 0.29) is 12.1 Å². The van der Waals surface area contributed by atoms with Crippen LogP contribution in [-0.2, 0) is 4.74 Å². The zero-order valence-electron chi connectivity index (χ0n) is 11.0. The average molecular weight is 246 g/mol. The second-order valence-corrected chi connectivity index (χ2v) is 5.67. The second kappa shape index (κ2) is 5.00. The molecule has 1 saturated carbocycles. The van der Waals surface area contributed by atoms with Crippen LogP contribution in [0.25, 0.3) is 0 Å². The monoisotopic (exact) mass is 246 g/mol. The highest BCUT2D eigenvalue weighted by atomic mass is 16.5. The molecule has 1 saturated heterocycles. The van der Waals surface area contributed by atoms with E-state index in [1.54, 1.807) is 0 Å². The van der Waals surface area contributed by atoms with Crippen LogP contribution in [0.1, 0.15) is 17.9 Å². The Bertz CT molecular complexity index is 395. The molecule has 0 radical (unpaired) electrons. The van der Waals surface area contributed by atoms with Gasteiger partial charge in [-0.25, -0.2) is 0 Å². The molecule has 0 amide bonds. The van der Waals surface area contributed by atoms with Crippen LogP contribution in [0.15, 0.2) is 30.3 Å². The summed E-state index contributed by atoms with van der Waals surface area (Å²) in [5.74, 6) is 1.25. The minimum atomic E-state index is 0.179.